The molecular formula is C14H16FN3O. The van der Waals surface area contributed by atoms with Crippen LogP contribution in [0.5, 0.6) is 0 Å². The van der Waals surface area contributed by atoms with Crippen molar-refractivity contribution in [3.05, 3.63) is 35.6 Å². The molecule has 2 atom stereocenters. The van der Waals surface area contributed by atoms with Crippen molar-refractivity contribution in [2.24, 2.45) is 5.10 Å². The summed E-state index contributed by atoms with van der Waals surface area (Å²) in [5.41, 5.74) is 0.653. The Morgan fingerprint density at radius 2 is 2.26 bits per heavy atom. The normalized spacial score (nSPS) is 24.9. The number of hydrazone groups is 1. The van der Waals surface area contributed by atoms with Crippen molar-refractivity contribution in [1.82, 2.24) is 10.3 Å². The summed E-state index contributed by atoms with van der Waals surface area (Å²) >= 11 is 0. The van der Waals surface area contributed by atoms with Gasteiger partial charge in [0.25, 0.3) is 0 Å². The van der Waals surface area contributed by atoms with E-state index in [9.17, 15) is 9.18 Å². The van der Waals surface area contributed by atoms with Crippen LogP contribution in [0.1, 0.15) is 37.8 Å². The fourth-order valence-corrected chi connectivity index (χ4v) is 2.72. The van der Waals surface area contributed by atoms with Gasteiger partial charge >= 0.3 is 0 Å². The first-order chi connectivity index (χ1) is 9.20. The summed E-state index contributed by atoms with van der Waals surface area (Å²) in [6.07, 6.45) is 2.16. The minimum Gasteiger partial charge on any atom is -0.344 e. The van der Waals surface area contributed by atoms with Crippen molar-refractivity contribution in [2.45, 2.75) is 38.4 Å². The number of hydrogen-bond acceptors (Lipinski definition) is 4. The van der Waals surface area contributed by atoms with Gasteiger partial charge in [0.1, 0.15) is 12.0 Å². The van der Waals surface area contributed by atoms with Crippen molar-refractivity contribution in [3.8, 4) is 0 Å². The number of fused-ring (bicyclic) bond motifs is 1. The van der Waals surface area contributed by atoms with Gasteiger partial charge in [0.05, 0.1) is 6.04 Å². The molecule has 0 aromatic heterocycles. The first-order valence-electron chi connectivity index (χ1n) is 6.61. The first-order valence-corrected chi connectivity index (χ1v) is 6.61. The molecule has 1 unspecified atom stereocenters. The molecule has 0 radical (unpaired) electrons. The topological polar surface area (TPSA) is 44.7 Å². The van der Waals surface area contributed by atoms with Gasteiger partial charge in [-0.2, -0.15) is 5.10 Å². The summed E-state index contributed by atoms with van der Waals surface area (Å²) in [5, 5.41) is 9.30. The van der Waals surface area contributed by atoms with E-state index >= 15 is 0 Å². The lowest BCUT2D eigenvalue weighted by Crippen LogP contribution is -2.36. The second-order valence-corrected chi connectivity index (χ2v) is 4.88. The molecule has 1 aromatic rings. The van der Waals surface area contributed by atoms with E-state index in [2.05, 4.69) is 10.4 Å². The van der Waals surface area contributed by atoms with Crippen LogP contribution in [0.25, 0.3) is 0 Å². The highest BCUT2D eigenvalue weighted by Crippen LogP contribution is 2.38. The summed E-state index contributed by atoms with van der Waals surface area (Å²) in [6.45, 7) is 1.81. The van der Waals surface area contributed by atoms with Gasteiger partial charge < -0.3 is 5.32 Å². The van der Waals surface area contributed by atoms with Crippen LogP contribution < -0.4 is 5.32 Å². The van der Waals surface area contributed by atoms with Crippen molar-refractivity contribution >= 4 is 11.6 Å². The highest BCUT2D eigenvalue weighted by molar-refractivity contribution is 6.39. The molecule has 0 spiro atoms. The van der Waals surface area contributed by atoms with Gasteiger partial charge in [-0.3, -0.25) is 9.80 Å². The third kappa shape index (κ3) is 1.99. The van der Waals surface area contributed by atoms with Crippen LogP contribution in [-0.4, -0.2) is 22.8 Å². The van der Waals surface area contributed by atoms with Gasteiger partial charge in [0, 0.05) is 12.0 Å². The van der Waals surface area contributed by atoms with Crippen molar-refractivity contribution in [2.75, 3.05) is 0 Å². The number of nitrogens with zero attached hydrogens (tertiary/aromatic N) is 2. The van der Waals surface area contributed by atoms with Crippen LogP contribution in [0.15, 0.2) is 29.4 Å². The zero-order chi connectivity index (χ0) is 13.4. The maximum atomic E-state index is 13.9. The standard InChI is InChI=1S/C14H16FN3O/c1-2-12(19)14-16-13-8-7-11(18(13)17-14)9-5-3-4-6-10(9)15/h3-6,11,13H,2,7-8H2,1H3,(H,16,17)/t11-,13?/m0/s1. The van der Waals surface area contributed by atoms with Gasteiger partial charge in [-0.15, -0.1) is 0 Å². The van der Waals surface area contributed by atoms with E-state index in [4.69, 9.17) is 0 Å². The molecule has 2 aliphatic rings. The molecule has 2 aliphatic heterocycles. The molecule has 0 aliphatic carbocycles. The average Bonchev–Trinajstić information content (AvgIpc) is 2.98. The predicted molar refractivity (Wildman–Crippen MR) is 69.9 cm³/mol. The Kier molecular flexibility index (Phi) is 2.97. The Balaban J connectivity index is 1.88. The molecule has 4 nitrogen and oxygen atoms in total. The molecule has 100 valence electrons. The van der Waals surface area contributed by atoms with Gasteiger partial charge in [0.15, 0.2) is 11.6 Å². The quantitative estimate of drug-likeness (QED) is 0.907. The SMILES string of the molecule is CCC(=O)C1=NN2C(CC[C@H]2c2ccccc2F)N1. The molecule has 0 amide bonds. The van der Waals surface area contributed by atoms with E-state index in [1.807, 2.05) is 18.0 Å². The van der Waals surface area contributed by atoms with Gasteiger partial charge in [0.2, 0.25) is 0 Å². The Bertz CT molecular complexity index is 543. The van der Waals surface area contributed by atoms with Crippen LogP contribution in [0.2, 0.25) is 0 Å². The van der Waals surface area contributed by atoms with Gasteiger partial charge in [-0.05, 0) is 18.9 Å². The number of halogens is 1. The molecule has 1 saturated heterocycles. The third-order valence-electron chi connectivity index (χ3n) is 3.72. The summed E-state index contributed by atoms with van der Waals surface area (Å²) in [4.78, 5) is 11.7. The number of Topliss-reactive ketones (excluding diaryl/α,β-unsaturated/α-hetero) is 1. The second-order valence-electron chi connectivity index (χ2n) is 4.88. The molecule has 5 heteroatoms. The van der Waals surface area contributed by atoms with E-state index < -0.39 is 0 Å². The lowest BCUT2D eigenvalue weighted by molar-refractivity contribution is -0.112. The molecule has 0 saturated carbocycles. The Hall–Kier alpha value is -1.91. The number of rotatable bonds is 3. The van der Waals surface area contributed by atoms with E-state index in [-0.39, 0.29) is 23.8 Å². The van der Waals surface area contributed by atoms with E-state index in [0.29, 0.717) is 17.8 Å². The predicted octanol–water partition coefficient (Wildman–Crippen LogP) is 2.18. The molecular weight excluding hydrogens is 245 g/mol. The zero-order valence-corrected chi connectivity index (χ0v) is 10.8. The summed E-state index contributed by atoms with van der Waals surface area (Å²) in [5.74, 6) is 0.203. The van der Waals surface area contributed by atoms with Gasteiger partial charge in [-0.1, -0.05) is 25.1 Å². The molecule has 19 heavy (non-hydrogen) atoms. The molecule has 1 N–H and O–H groups in total. The molecule has 3 rings (SSSR count). The number of carbonyl (C=O) groups is 1. The van der Waals surface area contributed by atoms with Gasteiger partial charge in [-0.25, -0.2) is 4.39 Å². The van der Waals surface area contributed by atoms with Crippen LogP contribution in [-0.2, 0) is 4.79 Å². The van der Waals surface area contributed by atoms with E-state index in [0.717, 1.165) is 12.8 Å². The minimum absolute atomic E-state index is 0.00156. The van der Waals surface area contributed by atoms with Crippen molar-refractivity contribution < 1.29 is 9.18 Å². The lowest BCUT2D eigenvalue weighted by atomic mass is 10.0. The van der Waals surface area contributed by atoms with Crippen molar-refractivity contribution in [3.63, 3.8) is 0 Å². The Morgan fingerprint density at radius 3 is 3.00 bits per heavy atom. The van der Waals surface area contributed by atoms with Crippen molar-refractivity contribution in [1.29, 1.82) is 0 Å². The number of nitrogens with one attached hydrogen (secondary N) is 1. The van der Waals surface area contributed by atoms with Crippen LogP contribution in [0.4, 0.5) is 4.39 Å². The molecule has 1 fully saturated rings. The van der Waals surface area contributed by atoms with Crippen LogP contribution >= 0.6 is 0 Å². The fourth-order valence-electron chi connectivity index (χ4n) is 2.72. The van der Waals surface area contributed by atoms with Crippen LogP contribution in [0.3, 0.4) is 0 Å². The molecule has 2 heterocycles. The highest BCUT2D eigenvalue weighted by Gasteiger charge is 2.40. The summed E-state index contributed by atoms with van der Waals surface area (Å²) < 4.78 is 13.9. The second kappa shape index (κ2) is 4.64. The largest absolute Gasteiger partial charge is 0.344 e. The molecule has 0 bridgehead atoms. The number of benzene rings is 1. The minimum atomic E-state index is -0.210. The number of hydrogen-bond donors (Lipinski definition) is 1. The smallest absolute Gasteiger partial charge is 0.199 e. The number of amidine groups is 1. The summed E-state index contributed by atoms with van der Waals surface area (Å²) in [7, 11) is 0. The van der Waals surface area contributed by atoms with Crippen LogP contribution in [0, 0.1) is 5.82 Å². The first kappa shape index (κ1) is 12.1. The number of carbonyl (C=O) groups excluding carboxylic acids is 1. The maximum Gasteiger partial charge on any atom is 0.199 e. The lowest BCUT2D eigenvalue weighted by Gasteiger charge is -2.22. The third-order valence-corrected chi connectivity index (χ3v) is 3.72. The fraction of sp³-hybridized carbons (Fsp3) is 0.429. The zero-order valence-electron chi connectivity index (χ0n) is 10.8. The summed E-state index contributed by atoms with van der Waals surface area (Å²) in [6, 6.07) is 6.69. The Labute approximate surface area is 111 Å². The monoisotopic (exact) mass is 261 g/mol. The molecule has 1 aromatic carbocycles. The maximum absolute atomic E-state index is 13.9. The van der Waals surface area contributed by atoms with E-state index in [1.54, 1.807) is 12.1 Å². The Morgan fingerprint density at radius 1 is 1.47 bits per heavy atom. The number of ketones is 1. The highest BCUT2D eigenvalue weighted by atomic mass is 19.1. The van der Waals surface area contributed by atoms with E-state index in [1.165, 1.54) is 6.07 Å². The average molecular weight is 261 g/mol.